The molecule has 0 saturated carbocycles. The maximum absolute atomic E-state index is 13.4. The molecule has 1 aromatic heterocycles. The Balaban J connectivity index is 0. The highest BCUT2D eigenvalue weighted by molar-refractivity contribution is 7.59. The van der Waals surface area contributed by atoms with Crippen molar-refractivity contribution in [2.45, 2.75) is 74.8 Å². The molecule has 1 heterocycles. The van der Waals surface area contributed by atoms with E-state index in [1.54, 1.807) is 11.0 Å². The van der Waals surface area contributed by atoms with Crippen LogP contribution in [-0.4, -0.2) is 23.0 Å². The quantitative estimate of drug-likeness (QED) is 0.394. The average molecular weight is 486 g/mol. The van der Waals surface area contributed by atoms with Gasteiger partial charge in [0.05, 0.1) is 10.6 Å². The lowest BCUT2D eigenvalue weighted by atomic mass is 9.80. The number of carboxylic acid groups (broad SMARTS) is 1. The van der Waals surface area contributed by atoms with E-state index in [4.69, 9.17) is 0 Å². The molecular formula is C24H39NO3S3. The minimum atomic E-state index is -1.02. The molecule has 1 aliphatic carbocycles. The summed E-state index contributed by atoms with van der Waals surface area (Å²) in [5.41, 5.74) is 1.60. The molecule has 176 valence electrons. The molecule has 4 nitrogen and oxygen atoms in total. The van der Waals surface area contributed by atoms with Crippen LogP contribution in [0.4, 0.5) is 5.69 Å². The number of hydrogen-bond acceptors (Lipinski definition) is 3. The van der Waals surface area contributed by atoms with Crippen LogP contribution in [0.3, 0.4) is 0 Å². The molecule has 0 aliphatic heterocycles. The van der Waals surface area contributed by atoms with Gasteiger partial charge >= 0.3 is 5.97 Å². The van der Waals surface area contributed by atoms with Gasteiger partial charge in [-0.15, -0.1) is 11.3 Å². The van der Waals surface area contributed by atoms with Gasteiger partial charge in [0, 0.05) is 17.4 Å². The van der Waals surface area contributed by atoms with E-state index >= 15 is 0 Å². The van der Waals surface area contributed by atoms with E-state index in [0.29, 0.717) is 17.0 Å². The zero-order chi connectivity index (χ0) is 21.2. The molecule has 0 saturated heterocycles. The first kappa shape index (κ1) is 31.8. The van der Waals surface area contributed by atoms with Crippen LogP contribution in [-0.2, 0) is 4.79 Å². The predicted molar refractivity (Wildman–Crippen MR) is 143 cm³/mol. The summed E-state index contributed by atoms with van der Waals surface area (Å²) in [5.74, 6) is 5.33. The van der Waals surface area contributed by atoms with E-state index in [-0.39, 0.29) is 68.5 Å². The SMILES string of the molecule is C.CC1=CC[C@H](C(=O)N(c2cc(C#CC(C)(C)C)sc2C(=O)O)C(C)C)[C@@H](C)C1.S.S. The molecule has 0 bridgehead atoms. The number of allylic oxidation sites excluding steroid dienone is 2. The van der Waals surface area contributed by atoms with Crippen molar-refractivity contribution in [3.63, 3.8) is 0 Å². The van der Waals surface area contributed by atoms with Crippen LogP contribution in [0.15, 0.2) is 17.7 Å². The van der Waals surface area contributed by atoms with Crippen LogP contribution in [0.1, 0.15) is 83.3 Å². The number of aromatic carboxylic acids is 1. The Labute approximate surface area is 206 Å². The third-order valence-electron chi connectivity index (χ3n) is 4.85. The zero-order valence-electron chi connectivity index (χ0n) is 18.9. The fourth-order valence-corrected chi connectivity index (χ4v) is 4.33. The summed E-state index contributed by atoms with van der Waals surface area (Å²) < 4.78 is 0. The summed E-state index contributed by atoms with van der Waals surface area (Å²) in [6.07, 6.45) is 3.74. The number of carbonyl (C=O) groups is 2. The highest BCUT2D eigenvalue weighted by atomic mass is 32.1. The first-order valence-corrected chi connectivity index (χ1v) is 10.6. The van der Waals surface area contributed by atoms with E-state index in [1.165, 1.54) is 5.57 Å². The second kappa shape index (κ2) is 12.6. The molecule has 1 aliphatic rings. The summed E-state index contributed by atoms with van der Waals surface area (Å²) >= 11 is 1.14. The number of rotatable bonds is 4. The second-order valence-corrected chi connectivity index (χ2v) is 10.1. The maximum atomic E-state index is 13.4. The maximum Gasteiger partial charge on any atom is 0.348 e. The molecule has 0 radical (unpaired) electrons. The molecular weight excluding hydrogens is 446 g/mol. The molecule has 0 aromatic carbocycles. The van der Waals surface area contributed by atoms with Crippen molar-refractivity contribution in [1.29, 1.82) is 0 Å². The Bertz CT molecular complexity index is 854. The molecule has 1 aromatic rings. The first-order chi connectivity index (χ1) is 12.9. The molecule has 2 atom stereocenters. The minimum Gasteiger partial charge on any atom is -0.477 e. The van der Waals surface area contributed by atoms with Gasteiger partial charge in [-0.2, -0.15) is 27.0 Å². The molecule has 0 fully saturated rings. The molecule has 1 N–H and O–H groups in total. The van der Waals surface area contributed by atoms with Gasteiger partial charge in [0.15, 0.2) is 0 Å². The summed E-state index contributed by atoms with van der Waals surface area (Å²) in [7, 11) is 0. The largest absolute Gasteiger partial charge is 0.477 e. The van der Waals surface area contributed by atoms with Crippen molar-refractivity contribution >= 4 is 55.9 Å². The van der Waals surface area contributed by atoms with Crippen molar-refractivity contribution in [2.24, 2.45) is 17.3 Å². The second-order valence-electron chi connectivity index (χ2n) is 9.01. The number of carboxylic acids is 1. The molecule has 31 heavy (non-hydrogen) atoms. The monoisotopic (exact) mass is 485 g/mol. The average Bonchev–Trinajstić information content (AvgIpc) is 2.96. The van der Waals surface area contributed by atoms with E-state index in [1.807, 2.05) is 34.6 Å². The van der Waals surface area contributed by atoms with E-state index in [9.17, 15) is 14.7 Å². The molecule has 1 amide bonds. The van der Waals surface area contributed by atoms with E-state index < -0.39 is 5.97 Å². The van der Waals surface area contributed by atoms with Crippen molar-refractivity contribution < 1.29 is 14.7 Å². The Hall–Kier alpha value is -1.36. The first-order valence-electron chi connectivity index (χ1n) is 9.79. The lowest BCUT2D eigenvalue weighted by Gasteiger charge is -2.34. The third kappa shape index (κ3) is 8.25. The Kier molecular flexibility index (Phi) is 13.0. The molecule has 7 heteroatoms. The van der Waals surface area contributed by atoms with Gasteiger partial charge in [0.25, 0.3) is 0 Å². The number of amides is 1. The van der Waals surface area contributed by atoms with Gasteiger partial charge in [0.1, 0.15) is 4.88 Å². The van der Waals surface area contributed by atoms with E-state index in [2.05, 4.69) is 31.8 Å². The van der Waals surface area contributed by atoms with Gasteiger partial charge in [-0.3, -0.25) is 4.79 Å². The number of carbonyl (C=O) groups excluding carboxylic acids is 1. The lowest BCUT2D eigenvalue weighted by molar-refractivity contribution is -0.124. The van der Waals surface area contributed by atoms with Gasteiger partial charge in [-0.25, -0.2) is 4.79 Å². The van der Waals surface area contributed by atoms with Gasteiger partial charge in [-0.05, 0) is 66.4 Å². The predicted octanol–water partition coefficient (Wildman–Crippen LogP) is 6.44. The minimum absolute atomic E-state index is 0. The van der Waals surface area contributed by atoms with Crippen LogP contribution in [0.5, 0.6) is 0 Å². The highest BCUT2D eigenvalue weighted by Gasteiger charge is 2.35. The van der Waals surface area contributed by atoms with Gasteiger partial charge < -0.3 is 10.0 Å². The van der Waals surface area contributed by atoms with Crippen LogP contribution in [0.25, 0.3) is 0 Å². The van der Waals surface area contributed by atoms with Crippen LogP contribution in [0, 0.1) is 29.1 Å². The number of thiophene rings is 1. The summed E-state index contributed by atoms with van der Waals surface area (Å²) in [6.45, 7) is 14.1. The van der Waals surface area contributed by atoms with Crippen LogP contribution < -0.4 is 4.90 Å². The topological polar surface area (TPSA) is 57.6 Å². The van der Waals surface area contributed by atoms with Crippen LogP contribution in [0.2, 0.25) is 0 Å². The fourth-order valence-electron chi connectivity index (χ4n) is 3.49. The molecule has 0 spiro atoms. The summed E-state index contributed by atoms with van der Waals surface area (Å²) in [4.78, 5) is 27.8. The van der Waals surface area contributed by atoms with Crippen LogP contribution >= 0.6 is 38.3 Å². The van der Waals surface area contributed by atoms with E-state index in [0.717, 1.165) is 17.8 Å². The van der Waals surface area contributed by atoms with Gasteiger partial charge in [0.2, 0.25) is 5.91 Å². The van der Waals surface area contributed by atoms with Gasteiger partial charge in [-0.1, -0.05) is 37.8 Å². The third-order valence-corrected chi connectivity index (χ3v) is 5.88. The summed E-state index contributed by atoms with van der Waals surface area (Å²) in [5, 5.41) is 9.73. The Morgan fingerprint density at radius 1 is 1.26 bits per heavy atom. The lowest BCUT2D eigenvalue weighted by Crippen LogP contribution is -2.44. The highest BCUT2D eigenvalue weighted by Crippen LogP contribution is 2.36. The van der Waals surface area contributed by atoms with Crippen molar-refractivity contribution in [3.8, 4) is 11.8 Å². The van der Waals surface area contributed by atoms with Crippen molar-refractivity contribution in [3.05, 3.63) is 27.5 Å². The molecule has 2 rings (SSSR count). The molecule has 0 unspecified atom stereocenters. The normalized spacial score (nSPS) is 17.7. The fraction of sp³-hybridized carbons (Fsp3) is 0.583. The van der Waals surface area contributed by atoms with Crippen molar-refractivity contribution in [2.75, 3.05) is 4.90 Å². The number of hydrogen-bond donors (Lipinski definition) is 1. The number of nitrogens with zero attached hydrogens (tertiary/aromatic N) is 1. The summed E-state index contributed by atoms with van der Waals surface area (Å²) in [6, 6.07) is 1.63. The number of anilines is 1. The smallest absolute Gasteiger partial charge is 0.348 e. The zero-order valence-corrected chi connectivity index (χ0v) is 21.7. The Morgan fingerprint density at radius 2 is 1.84 bits per heavy atom. The van der Waals surface area contributed by atoms with Crippen molar-refractivity contribution in [1.82, 2.24) is 0 Å². The standard InChI is InChI=1S/C23H31NO3S.CH4.2H2S/c1-14(2)24(21(25)18-9-8-15(3)12-16(18)4)19-13-17(10-11-23(5,6)7)28-20(19)22(26)27;;;/h8,13-14,16,18H,9,12H2,1-7H3,(H,26,27);1H4;2*1H2/t16-,18-;;;/m0.../s1. The Morgan fingerprint density at radius 3 is 2.29 bits per heavy atom.